The molecule has 0 unspecified atom stereocenters. The van der Waals surface area contributed by atoms with E-state index in [1.807, 2.05) is 6.07 Å². The minimum Gasteiger partial charge on any atom is -0.399 e. The molecule has 3 aromatic rings. The van der Waals surface area contributed by atoms with Crippen LogP contribution in [0.4, 0.5) is 5.69 Å². The van der Waals surface area contributed by atoms with Gasteiger partial charge in [0.2, 0.25) is 0 Å². The molecular weight excluding hydrogens is 286 g/mol. The summed E-state index contributed by atoms with van der Waals surface area (Å²) in [5.41, 5.74) is 8.03. The number of nitrogen functional groups attached to an aromatic ring is 1. The number of imidazole rings is 1. The Morgan fingerprint density at radius 1 is 1.10 bits per heavy atom. The summed E-state index contributed by atoms with van der Waals surface area (Å²) in [7, 11) is -3.73. The van der Waals surface area contributed by atoms with Gasteiger partial charge in [0.25, 0.3) is 10.0 Å². The highest BCUT2D eigenvalue weighted by Crippen LogP contribution is 2.26. The van der Waals surface area contributed by atoms with E-state index in [-0.39, 0.29) is 4.90 Å². The van der Waals surface area contributed by atoms with Gasteiger partial charge in [-0.15, -0.1) is 0 Å². The lowest BCUT2D eigenvalue weighted by Gasteiger charge is -2.11. The Balaban J connectivity index is 2.35. The van der Waals surface area contributed by atoms with Gasteiger partial charge >= 0.3 is 0 Å². The van der Waals surface area contributed by atoms with E-state index in [0.29, 0.717) is 28.1 Å². The zero-order chi connectivity index (χ0) is 15.2. The minimum absolute atomic E-state index is 0.203. The molecule has 0 aliphatic carbocycles. The van der Waals surface area contributed by atoms with Crippen molar-refractivity contribution in [2.45, 2.75) is 18.7 Å². The lowest BCUT2D eigenvalue weighted by Crippen LogP contribution is -2.16. The number of hydrogen-bond donors (Lipinski definition) is 1. The Morgan fingerprint density at radius 3 is 2.57 bits per heavy atom. The van der Waals surface area contributed by atoms with E-state index in [4.69, 9.17) is 5.73 Å². The Morgan fingerprint density at radius 2 is 1.81 bits per heavy atom. The number of aryl methyl sites for hydroxylation is 2. The molecule has 0 fully saturated rings. The third kappa shape index (κ3) is 2.08. The van der Waals surface area contributed by atoms with Crippen molar-refractivity contribution in [1.82, 2.24) is 8.96 Å². The molecule has 0 saturated heterocycles. The van der Waals surface area contributed by atoms with Crippen LogP contribution in [0.2, 0.25) is 0 Å². The van der Waals surface area contributed by atoms with Crippen LogP contribution in [0.3, 0.4) is 0 Å². The lowest BCUT2D eigenvalue weighted by molar-refractivity contribution is 0.587. The van der Waals surface area contributed by atoms with Crippen molar-refractivity contribution < 1.29 is 8.42 Å². The van der Waals surface area contributed by atoms with Gasteiger partial charge < -0.3 is 5.73 Å². The average Bonchev–Trinajstić information content (AvgIpc) is 2.77. The van der Waals surface area contributed by atoms with Gasteiger partial charge in [0.15, 0.2) is 0 Å². The highest BCUT2D eigenvalue weighted by atomic mass is 32.2. The SMILES string of the molecule is Cc1ccc(N)cc1S(=O)(=O)n1c(C)nc2ccccc21. The maximum Gasteiger partial charge on any atom is 0.270 e. The second kappa shape index (κ2) is 4.60. The van der Waals surface area contributed by atoms with Crippen molar-refractivity contribution in [3.05, 3.63) is 53.9 Å². The van der Waals surface area contributed by atoms with Crippen LogP contribution in [0.5, 0.6) is 0 Å². The molecular formula is C15H15N3O2S. The number of para-hydroxylation sites is 2. The molecule has 0 spiro atoms. The van der Waals surface area contributed by atoms with Crippen LogP contribution in [-0.2, 0) is 10.0 Å². The highest BCUT2D eigenvalue weighted by molar-refractivity contribution is 7.90. The molecule has 108 valence electrons. The molecule has 1 aromatic heterocycles. The summed E-state index contributed by atoms with van der Waals surface area (Å²) >= 11 is 0. The summed E-state index contributed by atoms with van der Waals surface area (Å²) in [6, 6.07) is 12.0. The Hall–Kier alpha value is -2.34. The molecule has 0 radical (unpaired) electrons. The van der Waals surface area contributed by atoms with E-state index in [9.17, 15) is 8.42 Å². The molecule has 6 heteroatoms. The molecule has 1 heterocycles. The molecule has 21 heavy (non-hydrogen) atoms. The second-order valence-electron chi connectivity index (χ2n) is 4.94. The highest BCUT2D eigenvalue weighted by Gasteiger charge is 2.24. The third-order valence-corrected chi connectivity index (χ3v) is 5.34. The second-order valence-corrected chi connectivity index (χ2v) is 6.70. The van der Waals surface area contributed by atoms with Crippen LogP contribution in [-0.4, -0.2) is 17.4 Å². The van der Waals surface area contributed by atoms with E-state index in [2.05, 4.69) is 4.98 Å². The van der Waals surface area contributed by atoms with Gasteiger partial charge in [-0.25, -0.2) is 17.4 Å². The number of nitrogens with zero attached hydrogens (tertiary/aromatic N) is 2. The number of aromatic nitrogens is 2. The van der Waals surface area contributed by atoms with Gasteiger partial charge in [-0.2, -0.15) is 0 Å². The van der Waals surface area contributed by atoms with Gasteiger partial charge in [0, 0.05) is 5.69 Å². The molecule has 2 aromatic carbocycles. The number of hydrogen-bond acceptors (Lipinski definition) is 4. The van der Waals surface area contributed by atoms with Crippen molar-refractivity contribution >= 4 is 26.7 Å². The predicted octanol–water partition coefficient (Wildman–Crippen LogP) is 2.47. The minimum atomic E-state index is -3.73. The summed E-state index contributed by atoms with van der Waals surface area (Å²) < 4.78 is 27.2. The average molecular weight is 301 g/mol. The predicted molar refractivity (Wildman–Crippen MR) is 82.6 cm³/mol. The fourth-order valence-electron chi connectivity index (χ4n) is 2.42. The van der Waals surface area contributed by atoms with Crippen molar-refractivity contribution in [3.8, 4) is 0 Å². The molecule has 0 aliphatic heterocycles. The van der Waals surface area contributed by atoms with Crippen molar-refractivity contribution in [2.24, 2.45) is 0 Å². The van der Waals surface area contributed by atoms with Crippen molar-refractivity contribution in [3.63, 3.8) is 0 Å². The fraction of sp³-hybridized carbons (Fsp3) is 0.133. The van der Waals surface area contributed by atoms with Crippen LogP contribution < -0.4 is 5.73 Å². The van der Waals surface area contributed by atoms with E-state index in [1.165, 1.54) is 10.0 Å². The number of rotatable bonds is 2. The first-order valence-electron chi connectivity index (χ1n) is 6.47. The fourth-order valence-corrected chi connectivity index (χ4v) is 4.18. The van der Waals surface area contributed by atoms with Gasteiger partial charge in [-0.3, -0.25) is 0 Å². The smallest absolute Gasteiger partial charge is 0.270 e. The van der Waals surface area contributed by atoms with Crippen LogP contribution in [0.15, 0.2) is 47.4 Å². The first kappa shape index (κ1) is 13.6. The standard InChI is InChI=1S/C15H15N3O2S/c1-10-7-8-12(16)9-15(10)21(19,20)18-11(2)17-13-5-3-4-6-14(13)18/h3-9H,16H2,1-2H3. The first-order chi connectivity index (χ1) is 9.91. The number of fused-ring (bicyclic) bond motifs is 1. The van der Waals surface area contributed by atoms with Gasteiger partial charge in [0.05, 0.1) is 15.9 Å². The van der Waals surface area contributed by atoms with E-state index < -0.39 is 10.0 Å². The topological polar surface area (TPSA) is 78.0 Å². The largest absolute Gasteiger partial charge is 0.399 e. The summed E-state index contributed by atoms with van der Waals surface area (Å²) in [6.07, 6.45) is 0. The summed E-state index contributed by atoms with van der Waals surface area (Å²) in [5, 5.41) is 0. The van der Waals surface area contributed by atoms with Crippen LogP contribution in [0, 0.1) is 13.8 Å². The summed E-state index contributed by atoms with van der Waals surface area (Å²) in [6.45, 7) is 3.43. The lowest BCUT2D eigenvalue weighted by atomic mass is 10.2. The summed E-state index contributed by atoms with van der Waals surface area (Å²) in [4.78, 5) is 4.51. The maximum atomic E-state index is 13.0. The van der Waals surface area contributed by atoms with Crippen LogP contribution >= 0.6 is 0 Å². The zero-order valence-electron chi connectivity index (χ0n) is 11.7. The van der Waals surface area contributed by atoms with Crippen molar-refractivity contribution in [1.29, 1.82) is 0 Å². The van der Waals surface area contributed by atoms with Crippen LogP contribution in [0.25, 0.3) is 11.0 Å². The molecule has 5 nitrogen and oxygen atoms in total. The molecule has 0 aliphatic rings. The van der Waals surface area contributed by atoms with E-state index in [1.54, 1.807) is 44.2 Å². The van der Waals surface area contributed by atoms with Gasteiger partial charge in [0.1, 0.15) is 5.82 Å². The Bertz CT molecular complexity index is 943. The van der Waals surface area contributed by atoms with E-state index >= 15 is 0 Å². The molecule has 0 bridgehead atoms. The monoisotopic (exact) mass is 301 g/mol. The molecule has 3 rings (SSSR count). The number of benzene rings is 2. The molecule has 2 N–H and O–H groups in total. The van der Waals surface area contributed by atoms with Gasteiger partial charge in [-0.1, -0.05) is 18.2 Å². The normalized spacial score (nSPS) is 11.9. The Kier molecular flexibility index (Phi) is 2.98. The van der Waals surface area contributed by atoms with Crippen LogP contribution in [0.1, 0.15) is 11.4 Å². The Labute approximate surface area is 123 Å². The number of nitrogens with two attached hydrogens (primary N) is 1. The zero-order valence-corrected chi connectivity index (χ0v) is 12.6. The van der Waals surface area contributed by atoms with Crippen molar-refractivity contribution in [2.75, 3.05) is 5.73 Å². The first-order valence-corrected chi connectivity index (χ1v) is 7.91. The molecule has 0 saturated carbocycles. The maximum absolute atomic E-state index is 13.0. The van der Waals surface area contributed by atoms with E-state index in [0.717, 1.165) is 0 Å². The van der Waals surface area contributed by atoms with Gasteiger partial charge in [-0.05, 0) is 43.7 Å². The number of anilines is 1. The molecule has 0 atom stereocenters. The quantitative estimate of drug-likeness (QED) is 0.738. The summed E-state index contributed by atoms with van der Waals surface area (Å²) in [5.74, 6) is 0.429. The molecule has 0 amide bonds. The third-order valence-electron chi connectivity index (χ3n) is 3.41.